The van der Waals surface area contributed by atoms with Crippen LogP contribution in [0.4, 0.5) is 0 Å². The third-order valence-electron chi connectivity index (χ3n) is 5.43. The van der Waals surface area contributed by atoms with Crippen LogP contribution in [0.15, 0.2) is 0 Å². The third-order valence-corrected chi connectivity index (χ3v) is 5.43. The highest BCUT2D eigenvalue weighted by Crippen LogP contribution is 2.40. The first kappa shape index (κ1) is 13.8. The molecule has 2 saturated heterocycles. The van der Waals surface area contributed by atoms with Crippen LogP contribution in [-0.2, 0) is 9.47 Å². The van der Waals surface area contributed by atoms with Gasteiger partial charge < -0.3 is 14.4 Å². The molecule has 3 aliphatic rings. The molecule has 0 bridgehead atoms. The Bertz CT molecular complexity index is 270. The highest BCUT2D eigenvalue weighted by Gasteiger charge is 2.38. The topological polar surface area (TPSA) is 21.7 Å². The Morgan fingerprint density at radius 2 is 1.63 bits per heavy atom. The van der Waals surface area contributed by atoms with E-state index in [0.717, 1.165) is 25.6 Å². The lowest BCUT2D eigenvalue weighted by Crippen LogP contribution is -2.44. The maximum absolute atomic E-state index is 6.07. The minimum absolute atomic E-state index is 0.0842. The summed E-state index contributed by atoms with van der Waals surface area (Å²) in [5.74, 6) is 0.807. The standard InChI is InChI=1S/C16H29NO2/c1-17-9-5-14(6-10-17)11-15-18-12-16(13-19-15)7-3-2-4-8-16/h14-15H,2-13H2,1H3. The summed E-state index contributed by atoms with van der Waals surface area (Å²) in [6.45, 7) is 4.37. The van der Waals surface area contributed by atoms with Crippen LogP contribution in [0.25, 0.3) is 0 Å². The van der Waals surface area contributed by atoms with Gasteiger partial charge in [0.15, 0.2) is 6.29 Å². The van der Waals surface area contributed by atoms with Gasteiger partial charge in [-0.25, -0.2) is 0 Å². The van der Waals surface area contributed by atoms with E-state index in [1.54, 1.807) is 0 Å². The largest absolute Gasteiger partial charge is 0.352 e. The molecule has 0 aromatic heterocycles. The van der Waals surface area contributed by atoms with E-state index in [1.807, 2.05) is 0 Å². The fourth-order valence-corrected chi connectivity index (χ4v) is 3.93. The van der Waals surface area contributed by atoms with E-state index in [0.29, 0.717) is 5.41 Å². The summed E-state index contributed by atoms with van der Waals surface area (Å²) in [6, 6.07) is 0. The summed E-state index contributed by atoms with van der Waals surface area (Å²) in [5.41, 5.74) is 0.377. The Hall–Kier alpha value is -0.120. The van der Waals surface area contributed by atoms with Crippen molar-refractivity contribution in [2.24, 2.45) is 11.3 Å². The Kier molecular flexibility index (Phi) is 4.45. The molecule has 0 radical (unpaired) electrons. The highest BCUT2D eigenvalue weighted by molar-refractivity contribution is 4.85. The van der Waals surface area contributed by atoms with Gasteiger partial charge in [0, 0.05) is 11.8 Å². The first-order valence-electron chi connectivity index (χ1n) is 8.18. The predicted octanol–water partition coefficient (Wildman–Crippen LogP) is 3.04. The van der Waals surface area contributed by atoms with Gasteiger partial charge in [0.2, 0.25) is 0 Å². The Labute approximate surface area is 117 Å². The number of ether oxygens (including phenoxy) is 2. The lowest BCUT2D eigenvalue weighted by atomic mass is 9.75. The van der Waals surface area contributed by atoms with Crippen molar-refractivity contribution < 1.29 is 9.47 Å². The van der Waals surface area contributed by atoms with Crippen LogP contribution in [0.1, 0.15) is 51.4 Å². The second-order valence-corrected chi connectivity index (χ2v) is 7.09. The lowest BCUT2D eigenvalue weighted by molar-refractivity contribution is -0.242. The van der Waals surface area contributed by atoms with Crippen LogP contribution in [0.5, 0.6) is 0 Å². The molecule has 0 atom stereocenters. The molecule has 0 unspecified atom stereocenters. The molecule has 3 fully saturated rings. The average Bonchev–Trinajstić information content (AvgIpc) is 2.45. The van der Waals surface area contributed by atoms with E-state index in [2.05, 4.69) is 11.9 Å². The predicted molar refractivity (Wildman–Crippen MR) is 76.0 cm³/mol. The van der Waals surface area contributed by atoms with Gasteiger partial charge in [-0.15, -0.1) is 0 Å². The van der Waals surface area contributed by atoms with E-state index in [-0.39, 0.29) is 6.29 Å². The molecule has 1 aliphatic carbocycles. The van der Waals surface area contributed by atoms with E-state index in [9.17, 15) is 0 Å². The summed E-state index contributed by atoms with van der Waals surface area (Å²) in [5, 5.41) is 0. The van der Waals surface area contributed by atoms with Gasteiger partial charge in [0.25, 0.3) is 0 Å². The first-order valence-corrected chi connectivity index (χ1v) is 8.18. The van der Waals surface area contributed by atoms with Crippen molar-refractivity contribution in [1.29, 1.82) is 0 Å². The zero-order valence-electron chi connectivity index (χ0n) is 12.4. The summed E-state index contributed by atoms with van der Waals surface area (Å²) < 4.78 is 12.1. The Balaban J connectivity index is 1.42. The maximum Gasteiger partial charge on any atom is 0.157 e. The fraction of sp³-hybridized carbons (Fsp3) is 1.00. The van der Waals surface area contributed by atoms with E-state index in [1.165, 1.54) is 58.0 Å². The quantitative estimate of drug-likeness (QED) is 0.767. The molecule has 110 valence electrons. The molecule has 0 N–H and O–H groups in total. The summed E-state index contributed by atoms with van der Waals surface area (Å²) >= 11 is 0. The van der Waals surface area contributed by atoms with Crippen molar-refractivity contribution in [2.75, 3.05) is 33.4 Å². The molecule has 3 rings (SSSR count). The van der Waals surface area contributed by atoms with Gasteiger partial charge in [-0.05, 0) is 51.7 Å². The molecule has 2 aliphatic heterocycles. The van der Waals surface area contributed by atoms with Gasteiger partial charge in [-0.3, -0.25) is 0 Å². The molecule has 3 nitrogen and oxygen atoms in total. The highest BCUT2D eigenvalue weighted by atomic mass is 16.7. The van der Waals surface area contributed by atoms with Crippen molar-refractivity contribution in [3.05, 3.63) is 0 Å². The van der Waals surface area contributed by atoms with Crippen LogP contribution < -0.4 is 0 Å². The molecule has 0 amide bonds. The molecular formula is C16H29NO2. The van der Waals surface area contributed by atoms with E-state index in [4.69, 9.17) is 9.47 Å². The van der Waals surface area contributed by atoms with E-state index < -0.39 is 0 Å². The van der Waals surface area contributed by atoms with Gasteiger partial charge in [-0.2, -0.15) is 0 Å². The second-order valence-electron chi connectivity index (χ2n) is 7.09. The number of rotatable bonds is 2. The summed E-state index contributed by atoms with van der Waals surface area (Å²) in [4.78, 5) is 2.43. The lowest BCUT2D eigenvalue weighted by Gasteiger charge is -2.43. The number of hydrogen-bond donors (Lipinski definition) is 0. The minimum Gasteiger partial charge on any atom is -0.352 e. The SMILES string of the molecule is CN1CCC(CC2OCC3(CCCCC3)CO2)CC1. The fourth-order valence-electron chi connectivity index (χ4n) is 3.93. The number of likely N-dealkylation sites (tertiary alicyclic amines) is 1. The number of hydrogen-bond acceptors (Lipinski definition) is 3. The van der Waals surface area contributed by atoms with Crippen LogP contribution in [0.3, 0.4) is 0 Å². The monoisotopic (exact) mass is 267 g/mol. The maximum atomic E-state index is 6.07. The third kappa shape index (κ3) is 3.50. The van der Waals surface area contributed by atoms with Gasteiger partial charge in [-0.1, -0.05) is 19.3 Å². The smallest absolute Gasteiger partial charge is 0.157 e. The zero-order valence-corrected chi connectivity index (χ0v) is 12.4. The number of piperidine rings is 1. The summed E-state index contributed by atoms with van der Waals surface area (Å²) in [7, 11) is 2.22. The molecule has 19 heavy (non-hydrogen) atoms. The van der Waals surface area contributed by atoms with Gasteiger partial charge >= 0.3 is 0 Å². The van der Waals surface area contributed by atoms with E-state index >= 15 is 0 Å². The van der Waals surface area contributed by atoms with Crippen LogP contribution in [-0.4, -0.2) is 44.5 Å². The normalized spacial score (nSPS) is 30.8. The molecule has 3 heteroatoms. The molecule has 1 spiro atoms. The van der Waals surface area contributed by atoms with Crippen molar-refractivity contribution >= 4 is 0 Å². The van der Waals surface area contributed by atoms with Gasteiger partial charge in [0.1, 0.15) is 0 Å². The van der Waals surface area contributed by atoms with Crippen LogP contribution in [0.2, 0.25) is 0 Å². The van der Waals surface area contributed by atoms with Crippen molar-refractivity contribution in [2.45, 2.75) is 57.7 Å². The van der Waals surface area contributed by atoms with Crippen LogP contribution in [0, 0.1) is 11.3 Å². The molecule has 1 saturated carbocycles. The first-order chi connectivity index (χ1) is 9.26. The molecule has 0 aromatic rings. The zero-order chi connectivity index (χ0) is 13.1. The Morgan fingerprint density at radius 3 is 2.26 bits per heavy atom. The molecular weight excluding hydrogens is 238 g/mol. The summed E-state index contributed by atoms with van der Waals surface area (Å²) in [6.07, 6.45) is 10.6. The Morgan fingerprint density at radius 1 is 1.00 bits per heavy atom. The van der Waals surface area contributed by atoms with Gasteiger partial charge in [0.05, 0.1) is 13.2 Å². The average molecular weight is 267 g/mol. The minimum atomic E-state index is 0.0842. The van der Waals surface area contributed by atoms with Crippen molar-refractivity contribution in [3.8, 4) is 0 Å². The molecule has 0 aromatic carbocycles. The number of nitrogens with zero attached hydrogens (tertiary/aromatic N) is 1. The molecule has 2 heterocycles. The second kappa shape index (κ2) is 6.11. The van der Waals surface area contributed by atoms with Crippen LogP contribution >= 0.6 is 0 Å². The van der Waals surface area contributed by atoms with Crippen molar-refractivity contribution in [3.63, 3.8) is 0 Å². The van der Waals surface area contributed by atoms with Crippen molar-refractivity contribution in [1.82, 2.24) is 4.90 Å².